The number of nitrogens with one attached hydrogen (secondary N) is 1. The highest BCUT2D eigenvalue weighted by Crippen LogP contribution is 2.24. The Bertz CT molecular complexity index is 819. The number of thioether (sulfide) groups is 1. The number of ether oxygens (including phenoxy) is 1. The summed E-state index contributed by atoms with van der Waals surface area (Å²) in [5.41, 5.74) is 3.18. The van der Waals surface area contributed by atoms with Gasteiger partial charge in [0.15, 0.2) is 0 Å². The Morgan fingerprint density at radius 3 is 3.00 bits per heavy atom. The molecule has 2 aromatic heterocycles. The zero-order valence-corrected chi connectivity index (χ0v) is 14.1. The van der Waals surface area contributed by atoms with Crippen LogP contribution >= 0.6 is 11.8 Å². The Labute approximate surface area is 145 Å². The molecule has 0 radical (unpaired) electrons. The first-order chi connectivity index (χ1) is 11.9. The minimum Gasteiger partial charge on any atom is -0.487 e. The average Bonchev–Trinajstić information content (AvgIpc) is 3.14. The zero-order valence-electron chi connectivity index (χ0n) is 13.3. The SMILES string of the molecule is c1ccc(COc2ccc3cc(CC4CNCS4)cnc3c2)nc1. The van der Waals surface area contributed by atoms with E-state index in [9.17, 15) is 0 Å². The Morgan fingerprint density at radius 1 is 1.17 bits per heavy atom. The molecule has 1 unspecified atom stereocenters. The summed E-state index contributed by atoms with van der Waals surface area (Å²) < 4.78 is 5.82. The molecule has 4 nitrogen and oxygen atoms in total. The van der Waals surface area contributed by atoms with Gasteiger partial charge in [-0.1, -0.05) is 6.07 Å². The first-order valence-electron chi connectivity index (χ1n) is 8.10. The number of hydrogen-bond acceptors (Lipinski definition) is 5. The monoisotopic (exact) mass is 337 g/mol. The summed E-state index contributed by atoms with van der Waals surface area (Å²) in [5, 5.41) is 5.20. The molecule has 1 saturated heterocycles. The van der Waals surface area contributed by atoms with Crippen molar-refractivity contribution in [2.24, 2.45) is 0 Å². The van der Waals surface area contributed by atoms with Crippen LogP contribution in [0.25, 0.3) is 10.9 Å². The molecule has 0 spiro atoms. The lowest BCUT2D eigenvalue weighted by Gasteiger charge is -2.09. The van der Waals surface area contributed by atoms with E-state index in [2.05, 4.69) is 27.4 Å². The predicted molar refractivity (Wildman–Crippen MR) is 98.3 cm³/mol. The topological polar surface area (TPSA) is 47.0 Å². The van der Waals surface area contributed by atoms with Crippen LogP contribution in [0.1, 0.15) is 11.3 Å². The number of aromatic nitrogens is 2. The van der Waals surface area contributed by atoms with Crippen molar-refractivity contribution in [3.05, 3.63) is 66.1 Å². The van der Waals surface area contributed by atoms with Crippen LogP contribution in [0, 0.1) is 0 Å². The van der Waals surface area contributed by atoms with Crippen LogP contribution in [0.5, 0.6) is 5.75 Å². The minimum absolute atomic E-state index is 0.469. The van der Waals surface area contributed by atoms with E-state index in [0.29, 0.717) is 11.9 Å². The first-order valence-corrected chi connectivity index (χ1v) is 9.15. The molecular formula is C19H19N3OS. The van der Waals surface area contributed by atoms with E-state index in [1.165, 1.54) is 5.56 Å². The fourth-order valence-corrected chi connectivity index (χ4v) is 3.86. The van der Waals surface area contributed by atoms with Crippen molar-refractivity contribution in [1.29, 1.82) is 0 Å². The number of pyridine rings is 2. The molecule has 1 fully saturated rings. The summed E-state index contributed by atoms with van der Waals surface area (Å²) >= 11 is 1.98. The van der Waals surface area contributed by atoms with Gasteiger partial charge in [0, 0.05) is 41.5 Å². The van der Waals surface area contributed by atoms with Gasteiger partial charge in [0.2, 0.25) is 0 Å². The molecule has 1 atom stereocenters. The van der Waals surface area contributed by atoms with E-state index in [-0.39, 0.29) is 0 Å². The van der Waals surface area contributed by atoms with Gasteiger partial charge in [-0.05, 0) is 42.3 Å². The van der Waals surface area contributed by atoms with Crippen molar-refractivity contribution < 1.29 is 4.74 Å². The van der Waals surface area contributed by atoms with Crippen molar-refractivity contribution in [2.45, 2.75) is 18.3 Å². The molecule has 24 heavy (non-hydrogen) atoms. The summed E-state index contributed by atoms with van der Waals surface area (Å²) in [7, 11) is 0. The van der Waals surface area contributed by atoms with Gasteiger partial charge in [0.05, 0.1) is 11.2 Å². The second-order valence-corrected chi connectivity index (χ2v) is 7.19. The van der Waals surface area contributed by atoms with Gasteiger partial charge < -0.3 is 10.1 Å². The molecule has 3 aromatic rings. The number of benzene rings is 1. The van der Waals surface area contributed by atoms with Crippen LogP contribution in [-0.4, -0.2) is 27.6 Å². The van der Waals surface area contributed by atoms with E-state index in [1.807, 2.05) is 48.3 Å². The number of hydrogen-bond donors (Lipinski definition) is 1. The molecule has 4 rings (SSSR count). The van der Waals surface area contributed by atoms with Gasteiger partial charge >= 0.3 is 0 Å². The van der Waals surface area contributed by atoms with E-state index >= 15 is 0 Å². The maximum absolute atomic E-state index is 5.82. The molecule has 1 aliphatic rings. The molecule has 1 aromatic carbocycles. The van der Waals surface area contributed by atoms with Crippen molar-refractivity contribution >= 4 is 22.7 Å². The normalized spacial score (nSPS) is 17.2. The highest BCUT2D eigenvalue weighted by atomic mass is 32.2. The zero-order chi connectivity index (χ0) is 16.2. The van der Waals surface area contributed by atoms with Gasteiger partial charge in [0.1, 0.15) is 12.4 Å². The van der Waals surface area contributed by atoms with Crippen LogP contribution < -0.4 is 10.1 Å². The number of fused-ring (bicyclic) bond motifs is 1. The Kier molecular flexibility index (Phi) is 4.62. The summed E-state index contributed by atoms with van der Waals surface area (Å²) in [6.45, 7) is 1.55. The molecule has 1 N–H and O–H groups in total. The molecule has 3 heterocycles. The van der Waals surface area contributed by atoms with Crippen molar-refractivity contribution in [3.8, 4) is 5.75 Å². The van der Waals surface area contributed by atoms with Crippen molar-refractivity contribution in [1.82, 2.24) is 15.3 Å². The van der Waals surface area contributed by atoms with Crippen LogP contribution in [0.3, 0.4) is 0 Å². The van der Waals surface area contributed by atoms with Crippen molar-refractivity contribution in [2.75, 3.05) is 12.4 Å². The highest BCUT2D eigenvalue weighted by molar-refractivity contribution is 8.00. The third kappa shape index (κ3) is 3.68. The molecular weight excluding hydrogens is 318 g/mol. The Hall–Kier alpha value is -2.11. The van der Waals surface area contributed by atoms with Crippen LogP contribution in [0.2, 0.25) is 0 Å². The summed E-state index contributed by atoms with van der Waals surface area (Å²) in [4.78, 5) is 8.88. The Morgan fingerprint density at radius 2 is 2.17 bits per heavy atom. The third-order valence-electron chi connectivity index (χ3n) is 4.08. The van der Waals surface area contributed by atoms with Gasteiger partial charge in [-0.15, -0.1) is 11.8 Å². The lowest BCUT2D eigenvalue weighted by atomic mass is 10.1. The standard InChI is InChI=1S/C19H19N3OS/c1-2-6-21-16(3-1)12-23-17-5-4-15-7-14(10-22-19(15)9-17)8-18-11-20-13-24-18/h1-7,9-10,18,20H,8,11-13H2. The second-order valence-electron chi connectivity index (χ2n) is 5.90. The predicted octanol–water partition coefficient (Wildman–Crippen LogP) is 3.41. The van der Waals surface area contributed by atoms with Gasteiger partial charge in [-0.3, -0.25) is 9.97 Å². The summed E-state index contributed by atoms with van der Waals surface area (Å²) in [6, 6.07) is 14.1. The van der Waals surface area contributed by atoms with E-state index < -0.39 is 0 Å². The maximum atomic E-state index is 5.82. The van der Waals surface area contributed by atoms with E-state index in [1.54, 1.807) is 6.20 Å². The largest absolute Gasteiger partial charge is 0.487 e. The quantitative estimate of drug-likeness (QED) is 0.773. The highest BCUT2D eigenvalue weighted by Gasteiger charge is 2.15. The first kappa shape index (κ1) is 15.4. The van der Waals surface area contributed by atoms with Crippen LogP contribution in [0.4, 0.5) is 0 Å². The molecule has 0 amide bonds. The smallest absolute Gasteiger partial charge is 0.130 e. The third-order valence-corrected chi connectivity index (χ3v) is 5.26. The van der Waals surface area contributed by atoms with E-state index in [0.717, 1.165) is 41.2 Å². The minimum atomic E-state index is 0.469. The van der Waals surface area contributed by atoms with Crippen LogP contribution in [0.15, 0.2) is 54.9 Å². The molecule has 1 aliphatic heterocycles. The van der Waals surface area contributed by atoms with Gasteiger partial charge in [-0.25, -0.2) is 0 Å². The van der Waals surface area contributed by atoms with Crippen molar-refractivity contribution in [3.63, 3.8) is 0 Å². The fraction of sp³-hybridized carbons (Fsp3) is 0.263. The number of nitrogens with zero attached hydrogens (tertiary/aromatic N) is 2. The van der Waals surface area contributed by atoms with Crippen LogP contribution in [-0.2, 0) is 13.0 Å². The second kappa shape index (κ2) is 7.20. The molecule has 0 bridgehead atoms. The van der Waals surface area contributed by atoms with E-state index in [4.69, 9.17) is 4.74 Å². The molecule has 122 valence electrons. The Balaban J connectivity index is 1.46. The van der Waals surface area contributed by atoms with Gasteiger partial charge in [-0.2, -0.15) is 0 Å². The summed E-state index contributed by atoms with van der Waals surface area (Å²) in [6.07, 6.45) is 4.84. The average molecular weight is 337 g/mol. The van der Waals surface area contributed by atoms with Gasteiger partial charge in [0.25, 0.3) is 0 Å². The lowest BCUT2D eigenvalue weighted by molar-refractivity contribution is 0.301. The number of rotatable bonds is 5. The summed E-state index contributed by atoms with van der Waals surface area (Å²) in [5.74, 6) is 1.88. The fourth-order valence-electron chi connectivity index (χ4n) is 2.84. The molecule has 5 heteroatoms. The molecule has 0 aliphatic carbocycles. The molecule has 0 saturated carbocycles. The lowest BCUT2D eigenvalue weighted by Crippen LogP contribution is -2.14. The maximum Gasteiger partial charge on any atom is 0.130 e.